The SMILES string of the molecule is C=C1N=C(N)C(C)=CN1[C@@H]1O[C@](C)(COP(=O)(O)OP(=O)(O)OP(=O)(O)O)[C@H](O)C1(C)C.C=C1NC(=C)N([C@@H]2O[C@](C)(COP(=O)(O)OP(=O)(O)OP(=O)(O)O)[C@H](O)C2(C)C)C=C1C. The second kappa shape index (κ2) is 19.0. The molecule has 0 aliphatic carbocycles. The molecule has 4 unspecified atom stereocenters. The van der Waals surface area contributed by atoms with Crippen molar-refractivity contribution in [3.63, 3.8) is 0 Å². The van der Waals surface area contributed by atoms with Crippen LogP contribution in [0.15, 0.2) is 65.6 Å². The number of allylic oxidation sites excluding steroid dienone is 1. The number of phosphoric ester groups is 2. The van der Waals surface area contributed by atoms with E-state index in [2.05, 4.69) is 56.3 Å². The summed E-state index contributed by atoms with van der Waals surface area (Å²) >= 11 is 0. The number of aliphatic imine (C=N–C) groups is 1. The molecular weight excluding hydrogens is 988 g/mol. The quantitative estimate of drug-likeness (QED) is 0.0988. The molecule has 0 spiro atoms. The molecule has 4 aliphatic rings. The monoisotopic (exact) mass is 1040 g/mol. The molecular formula is C29H53N5O24P6. The lowest BCUT2D eigenvalue weighted by Crippen LogP contribution is -2.47. The highest BCUT2D eigenvalue weighted by Gasteiger charge is 2.61. The van der Waals surface area contributed by atoms with Crippen LogP contribution in [0.5, 0.6) is 0 Å². The number of rotatable bonds is 16. The number of aliphatic hydroxyl groups is 2. The van der Waals surface area contributed by atoms with E-state index in [-0.39, 0.29) is 11.7 Å². The van der Waals surface area contributed by atoms with Gasteiger partial charge in [0, 0.05) is 34.5 Å². The maximum Gasteiger partial charge on any atom is 0.490 e. The third-order valence-electron chi connectivity index (χ3n) is 9.67. The predicted octanol–water partition coefficient (Wildman–Crippen LogP) is 2.51. The molecule has 368 valence electrons. The summed E-state index contributed by atoms with van der Waals surface area (Å²) in [5.74, 6) is 0.872. The Bertz CT molecular complexity index is 2270. The van der Waals surface area contributed by atoms with Crippen molar-refractivity contribution < 1.29 is 113 Å². The molecule has 0 aromatic carbocycles. The van der Waals surface area contributed by atoms with Crippen LogP contribution in [-0.4, -0.2) is 114 Å². The number of amidine groups is 1. The van der Waals surface area contributed by atoms with Gasteiger partial charge in [-0.3, -0.25) is 9.05 Å². The summed E-state index contributed by atoms with van der Waals surface area (Å²) in [4.78, 5) is 79.5. The van der Waals surface area contributed by atoms with Gasteiger partial charge in [0.25, 0.3) is 0 Å². The minimum atomic E-state index is -5.67. The zero-order valence-corrected chi connectivity index (χ0v) is 40.7. The van der Waals surface area contributed by atoms with Gasteiger partial charge >= 0.3 is 46.9 Å². The molecule has 4 aliphatic heterocycles. The summed E-state index contributed by atoms with van der Waals surface area (Å²) in [6.45, 7) is 22.8. The van der Waals surface area contributed by atoms with E-state index in [1.54, 1.807) is 58.8 Å². The van der Waals surface area contributed by atoms with Gasteiger partial charge in [-0.1, -0.05) is 47.4 Å². The molecule has 4 heterocycles. The van der Waals surface area contributed by atoms with Gasteiger partial charge in [-0.15, -0.1) is 0 Å². The number of nitrogens with two attached hydrogens (primary N) is 1. The molecule has 64 heavy (non-hydrogen) atoms. The lowest BCUT2D eigenvalue weighted by Gasteiger charge is -2.40. The highest BCUT2D eigenvalue weighted by atomic mass is 31.3. The highest BCUT2D eigenvalue weighted by Crippen LogP contribution is 2.68. The Morgan fingerprint density at radius 1 is 0.656 bits per heavy atom. The smallest absolute Gasteiger partial charge is 0.389 e. The van der Waals surface area contributed by atoms with Crippen molar-refractivity contribution in [2.24, 2.45) is 21.6 Å². The van der Waals surface area contributed by atoms with Crippen LogP contribution >= 0.6 is 46.9 Å². The molecule has 4 rings (SSSR count). The first-order valence-corrected chi connectivity index (χ1v) is 26.8. The fourth-order valence-electron chi connectivity index (χ4n) is 6.62. The van der Waals surface area contributed by atoms with Gasteiger partial charge in [0.2, 0.25) is 0 Å². The Balaban J connectivity index is 0.000000340. The predicted molar refractivity (Wildman–Crippen MR) is 219 cm³/mol. The average molecular weight is 1040 g/mol. The standard InChI is InChI=1S/C15H27N2O12P3.C14H26N3O12P3/c1-9-7-17(11(3)16-10(9)2)13-14(4,5)12(18)15(6,27-13)8-26-31(22,23)29-32(24,25)28-30(19,20)21;1-8-6-17(9(2)16-10(8)15)12-13(3,4)11(18)14(5,27-12)7-26-31(22,23)29-32(24,25)28-30(19,20)21/h7,12-13,16,18H,2-3,8H2,1,4-6H3,(H,22,23)(H,24,25)(H2,19,20,21);6,11-12,18H,2,7H2,1,3-5H3,(H2,15,16)(H,22,23)(H,24,25)(H2,19,20,21)/t12-,13-,15-;11-,12-,14-/m11/s1. The molecule has 2 fully saturated rings. The lowest BCUT2D eigenvalue weighted by molar-refractivity contribution is -0.123. The van der Waals surface area contributed by atoms with E-state index in [4.69, 9.17) is 34.8 Å². The van der Waals surface area contributed by atoms with Crippen molar-refractivity contribution in [1.29, 1.82) is 0 Å². The van der Waals surface area contributed by atoms with Crippen LogP contribution in [0, 0.1) is 10.8 Å². The van der Waals surface area contributed by atoms with E-state index < -0.39 is 107 Å². The van der Waals surface area contributed by atoms with Crippen molar-refractivity contribution >= 4 is 52.8 Å². The Kier molecular flexibility index (Phi) is 16.8. The molecule has 0 aromatic rings. The first-order chi connectivity index (χ1) is 28.4. The topological polar surface area (TPSA) is 435 Å². The van der Waals surface area contributed by atoms with Crippen LogP contribution in [0.3, 0.4) is 0 Å². The first kappa shape index (κ1) is 56.6. The summed E-state index contributed by atoms with van der Waals surface area (Å²) in [5.41, 5.74) is 2.51. The second-order valence-corrected chi connectivity index (χ2v) is 25.0. The number of hydrogen-bond acceptors (Lipinski definition) is 21. The molecule has 0 saturated carbocycles. The summed E-state index contributed by atoms with van der Waals surface area (Å²) in [6.07, 6.45) is -0.982. The number of ether oxygens (including phenoxy) is 2. The number of aliphatic hydroxyl groups excluding tert-OH is 2. The molecule has 0 radical (unpaired) electrons. The zero-order valence-electron chi connectivity index (χ0n) is 35.3. The van der Waals surface area contributed by atoms with Gasteiger partial charge < -0.3 is 79.7 Å². The van der Waals surface area contributed by atoms with Gasteiger partial charge in [-0.05, 0) is 33.3 Å². The summed E-state index contributed by atoms with van der Waals surface area (Å²) in [7, 11) is -33.2. The molecule has 0 bridgehead atoms. The number of phosphoric acid groups is 6. The van der Waals surface area contributed by atoms with Gasteiger partial charge in [0.1, 0.15) is 41.1 Å². The van der Waals surface area contributed by atoms with Crippen molar-refractivity contribution in [2.45, 2.75) is 91.3 Å². The third-order valence-corrected chi connectivity index (χ3v) is 17.2. The van der Waals surface area contributed by atoms with Gasteiger partial charge in [0.15, 0.2) is 0 Å². The number of nitrogens with zero attached hydrogens (tertiary/aromatic N) is 3. The van der Waals surface area contributed by atoms with Crippen molar-refractivity contribution in [3.8, 4) is 0 Å². The van der Waals surface area contributed by atoms with Gasteiger partial charge in [0.05, 0.1) is 25.4 Å². The van der Waals surface area contributed by atoms with Crippen molar-refractivity contribution in [2.75, 3.05) is 13.2 Å². The van der Waals surface area contributed by atoms with Crippen LogP contribution in [-0.2, 0) is 63.2 Å². The minimum absolute atomic E-state index is 0.218. The van der Waals surface area contributed by atoms with E-state index >= 15 is 0 Å². The van der Waals surface area contributed by atoms with E-state index in [1.165, 1.54) is 18.7 Å². The van der Waals surface area contributed by atoms with Crippen LogP contribution < -0.4 is 11.1 Å². The van der Waals surface area contributed by atoms with Crippen molar-refractivity contribution in [1.82, 2.24) is 15.1 Å². The summed E-state index contributed by atoms with van der Waals surface area (Å²) in [6, 6.07) is 0. The van der Waals surface area contributed by atoms with Crippen LogP contribution in [0.1, 0.15) is 55.4 Å². The largest absolute Gasteiger partial charge is 0.490 e. The molecule has 2 saturated heterocycles. The average Bonchev–Trinajstić information content (AvgIpc) is 3.37. The summed E-state index contributed by atoms with van der Waals surface area (Å²) < 4.78 is 104. The molecule has 35 heteroatoms. The van der Waals surface area contributed by atoms with Crippen LogP contribution in [0.4, 0.5) is 0 Å². The Hall–Kier alpha value is -1.77. The maximum atomic E-state index is 12.1. The zero-order chi connectivity index (χ0) is 49.8. The van der Waals surface area contributed by atoms with E-state index in [1.807, 2.05) is 0 Å². The van der Waals surface area contributed by atoms with Gasteiger partial charge in [-0.25, -0.2) is 32.4 Å². The fraction of sp³-hybridized carbons (Fsp3) is 0.621. The normalized spacial score (nSPS) is 32.2. The Labute approximate surface area is 366 Å². The van der Waals surface area contributed by atoms with Crippen LogP contribution in [0.2, 0.25) is 0 Å². The molecule has 0 aromatic heterocycles. The van der Waals surface area contributed by atoms with E-state index in [0.29, 0.717) is 17.1 Å². The lowest BCUT2D eigenvalue weighted by atomic mass is 9.79. The van der Waals surface area contributed by atoms with Crippen molar-refractivity contribution in [3.05, 3.63) is 60.6 Å². The fourth-order valence-corrected chi connectivity index (χ4v) is 12.8. The number of hydrogen-bond donors (Lipinski definition) is 12. The minimum Gasteiger partial charge on any atom is -0.389 e. The Morgan fingerprint density at radius 2 is 1.02 bits per heavy atom. The molecule has 29 nitrogen and oxygen atoms in total. The third kappa shape index (κ3) is 14.1. The Morgan fingerprint density at radius 3 is 1.39 bits per heavy atom. The van der Waals surface area contributed by atoms with Gasteiger partial charge in [-0.2, -0.15) is 17.2 Å². The molecule has 10 atom stereocenters. The number of nitrogens with one attached hydrogen (secondary N) is 1. The highest BCUT2D eigenvalue weighted by molar-refractivity contribution is 7.67. The van der Waals surface area contributed by atoms with E-state index in [9.17, 15) is 57.2 Å². The molecule has 0 amide bonds. The first-order valence-electron chi connectivity index (χ1n) is 17.8. The summed E-state index contributed by atoms with van der Waals surface area (Å²) in [5, 5.41) is 24.7. The molecule has 13 N–H and O–H groups in total. The van der Waals surface area contributed by atoms with Crippen LogP contribution in [0.25, 0.3) is 0 Å². The van der Waals surface area contributed by atoms with E-state index in [0.717, 1.165) is 5.57 Å². The second-order valence-electron chi connectivity index (χ2n) is 16.1. The maximum absolute atomic E-state index is 12.1.